The number of hydrogen-bond acceptors (Lipinski definition) is 7. The molecular weight excluding hydrogens is 849 g/mol. The Bertz CT molecular complexity index is 1930. The Labute approximate surface area is 393 Å². The van der Waals surface area contributed by atoms with Crippen LogP contribution in [0.2, 0.25) is 36.3 Å². The number of rotatable bonds is 18. The van der Waals surface area contributed by atoms with Gasteiger partial charge in [-0.25, -0.2) is 8.42 Å². The summed E-state index contributed by atoms with van der Waals surface area (Å²) < 4.78 is 56.7. The molecule has 0 spiro atoms. The number of aliphatic hydroxyl groups is 1. The first-order valence-electron chi connectivity index (χ1n) is 25.4. The van der Waals surface area contributed by atoms with Crippen LogP contribution in [0.3, 0.4) is 0 Å². The molecule has 1 saturated heterocycles. The van der Waals surface area contributed by atoms with Crippen LogP contribution in [0.1, 0.15) is 159 Å². The number of aliphatic hydroxyl groups excluding tert-OH is 1. The summed E-state index contributed by atoms with van der Waals surface area (Å²) in [6, 6.07) is 8.85. The highest BCUT2D eigenvalue weighted by Crippen LogP contribution is 2.63. The van der Waals surface area contributed by atoms with Gasteiger partial charge in [-0.1, -0.05) is 118 Å². The van der Waals surface area contributed by atoms with Crippen LogP contribution >= 0.6 is 0 Å². The van der Waals surface area contributed by atoms with Crippen molar-refractivity contribution in [1.29, 1.82) is 0 Å². The minimum absolute atomic E-state index is 0.0395. The number of hydrogen-bond donors (Lipinski definition) is 1. The molecule has 1 N–H and O–H groups in total. The highest BCUT2D eigenvalue weighted by Gasteiger charge is 2.63. The topological polar surface area (TPSA) is 91.3 Å². The van der Waals surface area contributed by atoms with E-state index in [1.165, 1.54) is 11.1 Å². The summed E-state index contributed by atoms with van der Waals surface area (Å²) in [7, 11) is -7.96. The molecule has 4 saturated carbocycles. The van der Waals surface area contributed by atoms with Crippen molar-refractivity contribution in [2.24, 2.45) is 28.6 Å². The summed E-state index contributed by atoms with van der Waals surface area (Å²) >= 11 is 0. The molecule has 2 unspecified atom stereocenters. The molecule has 64 heavy (non-hydrogen) atoms. The van der Waals surface area contributed by atoms with Gasteiger partial charge in [-0.2, -0.15) is 0 Å². The van der Waals surface area contributed by atoms with E-state index in [4.69, 9.17) is 24.9 Å². The Morgan fingerprint density at radius 2 is 1.53 bits per heavy atom. The van der Waals surface area contributed by atoms with E-state index in [1.54, 1.807) is 24.3 Å². The summed E-state index contributed by atoms with van der Waals surface area (Å²) in [6.45, 7) is 36.0. The minimum atomic E-state index is -3.84. The second-order valence-electron chi connectivity index (χ2n) is 24.3. The van der Waals surface area contributed by atoms with E-state index in [9.17, 15) is 13.5 Å². The van der Waals surface area contributed by atoms with Crippen LogP contribution in [-0.2, 0) is 28.2 Å². The molecular formula is C54H90O7SSi2. The number of fused-ring (bicyclic) bond motifs is 1. The van der Waals surface area contributed by atoms with Crippen molar-refractivity contribution in [3.05, 3.63) is 65.8 Å². The SMILES string of the molecule is C=C1/C(=C\C=C2/CCC[C@]3(C)[C@@H]([C@H](C)C(O)C(CCC4(C5(CCCCC)OCCO5)CC4)S(=O)(=O)c4ccccc4)CC[C@@H]23)C[C@@H](O[Si](C)(C)C(C)(C)C)C[C@@H]1O[Si](C)(C)C(C)(C)C. The van der Waals surface area contributed by atoms with E-state index < -0.39 is 43.6 Å². The molecule has 362 valence electrons. The number of allylic oxidation sites excluding steroid dienone is 3. The third-order valence-electron chi connectivity index (χ3n) is 18.2. The lowest BCUT2D eigenvalue weighted by Crippen LogP contribution is -2.49. The van der Waals surface area contributed by atoms with Gasteiger partial charge in [0.25, 0.3) is 0 Å². The van der Waals surface area contributed by atoms with Crippen molar-refractivity contribution in [2.75, 3.05) is 13.2 Å². The third kappa shape index (κ3) is 10.6. The molecule has 0 bridgehead atoms. The van der Waals surface area contributed by atoms with Crippen molar-refractivity contribution in [3.8, 4) is 0 Å². The molecule has 1 aromatic carbocycles. The Morgan fingerprint density at radius 3 is 2.12 bits per heavy atom. The van der Waals surface area contributed by atoms with Gasteiger partial charge >= 0.3 is 0 Å². The maximum Gasteiger partial charge on any atom is 0.192 e. The minimum Gasteiger partial charge on any atom is -0.413 e. The smallest absolute Gasteiger partial charge is 0.192 e. The molecule has 1 aromatic rings. The zero-order valence-corrected chi connectivity index (χ0v) is 45.4. The summed E-state index contributed by atoms with van der Waals surface area (Å²) in [6.07, 6.45) is 17.9. The van der Waals surface area contributed by atoms with Gasteiger partial charge in [0, 0.05) is 18.3 Å². The van der Waals surface area contributed by atoms with E-state index >= 15 is 0 Å². The van der Waals surface area contributed by atoms with Crippen LogP contribution < -0.4 is 0 Å². The molecule has 5 fully saturated rings. The fourth-order valence-corrected chi connectivity index (χ4v) is 16.5. The number of unbranched alkanes of at least 4 members (excludes halogenated alkanes) is 2. The highest BCUT2D eigenvalue weighted by atomic mass is 32.2. The van der Waals surface area contributed by atoms with Crippen LogP contribution in [0.4, 0.5) is 0 Å². The molecule has 0 amide bonds. The van der Waals surface area contributed by atoms with Gasteiger partial charge in [0.2, 0.25) is 0 Å². The van der Waals surface area contributed by atoms with Gasteiger partial charge in [-0.15, -0.1) is 0 Å². The second-order valence-corrected chi connectivity index (χ2v) is 36.0. The molecule has 5 aliphatic rings. The predicted molar refractivity (Wildman–Crippen MR) is 269 cm³/mol. The van der Waals surface area contributed by atoms with Crippen molar-refractivity contribution in [2.45, 2.75) is 229 Å². The lowest BCUT2D eigenvalue weighted by molar-refractivity contribution is -0.214. The van der Waals surface area contributed by atoms with Gasteiger partial charge < -0.3 is 23.4 Å². The number of benzene rings is 1. The van der Waals surface area contributed by atoms with Crippen molar-refractivity contribution >= 4 is 26.5 Å². The highest BCUT2D eigenvalue weighted by molar-refractivity contribution is 7.92. The molecule has 0 radical (unpaired) electrons. The van der Waals surface area contributed by atoms with Crippen LogP contribution in [0.25, 0.3) is 0 Å². The molecule has 1 aliphatic heterocycles. The third-order valence-corrected chi connectivity index (χ3v) is 29.5. The Morgan fingerprint density at radius 1 is 0.906 bits per heavy atom. The fraction of sp³-hybridized carbons (Fsp3) is 0.778. The average molecular weight is 940 g/mol. The van der Waals surface area contributed by atoms with Crippen LogP contribution in [0, 0.1) is 28.6 Å². The first-order chi connectivity index (χ1) is 29.7. The quantitative estimate of drug-likeness (QED) is 0.116. The van der Waals surface area contributed by atoms with Crippen LogP contribution in [0.5, 0.6) is 0 Å². The van der Waals surface area contributed by atoms with Gasteiger partial charge in [0.15, 0.2) is 32.3 Å². The zero-order valence-electron chi connectivity index (χ0n) is 42.6. The molecule has 6 rings (SSSR count). The van der Waals surface area contributed by atoms with Crippen molar-refractivity contribution in [3.63, 3.8) is 0 Å². The second kappa shape index (κ2) is 19.6. The fourth-order valence-electron chi connectivity index (χ4n) is 11.9. The largest absolute Gasteiger partial charge is 0.413 e. The van der Waals surface area contributed by atoms with Crippen LogP contribution in [0.15, 0.2) is 70.7 Å². The van der Waals surface area contributed by atoms with Crippen LogP contribution in [-0.4, -0.2) is 72.7 Å². The van der Waals surface area contributed by atoms with Gasteiger partial charge in [-0.3, -0.25) is 0 Å². The Balaban J connectivity index is 1.25. The zero-order chi connectivity index (χ0) is 47.1. The monoisotopic (exact) mass is 939 g/mol. The molecule has 10 heteroatoms. The molecule has 4 aliphatic carbocycles. The Hall–Kier alpha value is -1.38. The summed E-state index contributed by atoms with van der Waals surface area (Å²) in [5, 5.41) is 11.9. The lowest BCUT2D eigenvalue weighted by Gasteiger charge is -2.46. The number of sulfone groups is 1. The molecule has 0 aromatic heterocycles. The first-order valence-corrected chi connectivity index (χ1v) is 32.8. The van der Waals surface area contributed by atoms with E-state index in [0.29, 0.717) is 36.9 Å². The maximum atomic E-state index is 14.8. The van der Waals surface area contributed by atoms with Crippen molar-refractivity contribution < 1.29 is 31.9 Å². The first kappa shape index (κ1) is 52.0. The summed E-state index contributed by atoms with van der Waals surface area (Å²) in [5.74, 6) is -0.258. The van der Waals surface area contributed by atoms with Gasteiger partial charge in [0.05, 0.1) is 41.7 Å². The summed E-state index contributed by atoms with van der Waals surface area (Å²) in [5.41, 5.74) is 3.60. The number of ether oxygens (including phenoxy) is 2. The molecule has 8 atom stereocenters. The molecule has 1 heterocycles. The van der Waals surface area contributed by atoms with E-state index in [1.807, 2.05) is 6.07 Å². The molecule has 7 nitrogen and oxygen atoms in total. The standard InChI is InChI=1S/C54H90O7SSi2/c1-15-16-20-31-54(58-35-36-59-54)53(33-34-53)32-29-48(62(56,57)44-23-18-17-19-24-44)49(55)40(3)45-27-28-46-41(22-21-30-52(45,46)10)25-26-42-37-43(60-63(11,12)50(4,5)6)38-47(39(42)2)61-64(13,14)51(7,8)9/h17-19,23-26,40,43,45-49,55H,2,15-16,20-22,27-38H2,1,3-14H3/b41-25+,42-26-/t40-,43+,45+,46-,47-,48?,49?,52+/m0/s1. The lowest BCUT2D eigenvalue weighted by atomic mass is 9.60. The van der Waals surface area contributed by atoms with E-state index in [2.05, 4.69) is 101 Å². The maximum absolute atomic E-state index is 14.8. The average Bonchev–Trinajstić information content (AvgIpc) is 3.70. The van der Waals surface area contributed by atoms with Gasteiger partial charge in [0.1, 0.15) is 0 Å². The Kier molecular flexibility index (Phi) is 15.9. The van der Waals surface area contributed by atoms with Crippen molar-refractivity contribution in [1.82, 2.24) is 0 Å². The normalized spacial score (nSPS) is 30.4. The summed E-state index contributed by atoms with van der Waals surface area (Å²) in [4.78, 5) is 0.298. The van der Waals surface area contributed by atoms with E-state index in [-0.39, 0.29) is 45.0 Å². The predicted octanol–water partition coefficient (Wildman–Crippen LogP) is 13.9. The van der Waals surface area contributed by atoms with Gasteiger partial charge in [-0.05, 0) is 153 Å². The van der Waals surface area contributed by atoms with E-state index in [0.717, 1.165) is 89.0 Å².